The number of benzene rings is 2. The molecule has 0 spiro atoms. The lowest BCUT2D eigenvalue weighted by Gasteiger charge is -2.32. The van der Waals surface area contributed by atoms with Gasteiger partial charge in [-0.25, -0.2) is 4.68 Å². The van der Waals surface area contributed by atoms with E-state index >= 15 is 0 Å². The molecular formula is C20H23N5O2. The topological polar surface area (TPSA) is 87.2 Å². The van der Waals surface area contributed by atoms with Gasteiger partial charge in [0.25, 0.3) is 0 Å². The van der Waals surface area contributed by atoms with Crippen molar-refractivity contribution in [3.8, 4) is 11.5 Å². The lowest BCUT2D eigenvalue weighted by Crippen LogP contribution is -2.28. The second-order valence-corrected chi connectivity index (χ2v) is 6.43. The quantitative estimate of drug-likeness (QED) is 0.720. The van der Waals surface area contributed by atoms with Crippen LogP contribution in [-0.2, 0) is 0 Å². The van der Waals surface area contributed by atoms with Gasteiger partial charge >= 0.3 is 0 Å². The number of nitrogens with two attached hydrogens (primary N) is 1. The van der Waals surface area contributed by atoms with Gasteiger partial charge in [-0.2, -0.15) is 4.98 Å². The van der Waals surface area contributed by atoms with E-state index in [1.807, 2.05) is 41.9 Å². The fourth-order valence-corrected chi connectivity index (χ4v) is 3.58. The lowest BCUT2D eigenvalue weighted by atomic mass is 9.93. The number of nitrogens with one attached hydrogen (secondary N) is 1. The Kier molecular flexibility index (Phi) is 4.58. The van der Waals surface area contributed by atoms with Crippen LogP contribution in [0, 0.1) is 0 Å². The van der Waals surface area contributed by atoms with E-state index in [1.54, 1.807) is 7.11 Å². The van der Waals surface area contributed by atoms with Crippen LogP contribution in [0.25, 0.3) is 0 Å². The first kappa shape index (κ1) is 17.2. The average molecular weight is 365 g/mol. The normalized spacial score (nSPS) is 18.4. The van der Waals surface area contributed by atoms with E-state index in [0.29, 0.717) is 12.6 Å². The molecule has 2 atom stereocenters. The van der Waals surface area contributed by atoms with Gasteiger partial charge in [0, 0.05) is 5.56 Å². The second-order valence-electron chi connectivity index (χ2n) is 6.43. The Balaban J connectivity index is 1.71. The van der Waals surface area contributed by atoms with Crippen molar-refractivity contribution < 1.29 is 9.47 Å². The van der Waals surface area contributed by atoms with Crippen molar-refractivity contribution in [3.63, 3.8) is 0 Å². The van der Waals surface area contributed by atoms with Crippen molar-refractivity contribution in [2.45, 2.75) is 25.4 Å². The van der Waals surface area contributed by atoms with E-state index in [0.717, 1.165) is 29.0 Å². The number of anilines is 2. The standard InChI is InChI=1S/C20H23N5O2/c1-3-27-14-10-8-13(9-11-14)16-12-17(15-6-4-5-7-18(15)26-2)25-20(22-16)23-19(21)24-25/h4-11,16-17H,3,12H2,1-2H3,(H3,21,22,23,24)/t16-,17-/m0/s1. The Morgan fingerprint density at radius 3 is 2.70 bits per heavy atom. The van der Waals surface area contributed by atoms with Crippen LogP contribution < -0.4 is 20.5 Å². The molecule has 2 aromatic carbocycles. The maximum atomic E-state index is 5.88. The average Bonchev–Trinajstić information content (AvgIpc) is 3.08. The van der Waals surface area contributed by atoms with Crippen molar-refractivity contribution >= 4 is 11.9 Å². The zero-order valence-electron chi connectivity index (χ0n) is 15.4. The number of para-hydroxylation sites is 1. The molecule has 27 heavy (non-hydrogen) atoms. The van der Waals surface area contributed by atoms with Crippen molar-refractivity contribution in [3.05, 3.63) is 59.7 Å². The number of methoxy groups -OCH3 is 1. The van der Waals surface area contributed by atoms with Crippen LogP contribution in [0.3, 0.4) is 0 Å². The fraction of sp³-hybridized carbons (Fsp3) is 0.300. The summed E-state index contributed by atoms with van der Waals surface area (Å²) in [7, 11) is 1.68. The van der Waals surface area contributed by atoms with Crippen LogP contribution >= 0.6 is 0 Å². The summed E-state index contributed by atoms with van der Waals surface area (Å²) in [6, 6.07) is 16.2. The molecule has 7 heteroatoms. The minimum atomic E-state index is -0.0289. The molecule has 2 heterocycles. The summed E-state index contributed by atoms with van der Waals surface area (Å²) in [6.07, 6.45) is 0.796. The predicted octanol–water partition coefficient (Wildman–Crippen LogP) is 3.41. The summed E-state index contributed by atoms with van der Waals surface area (Å²) in [5.74, 6) is 2.61. The third kappa shape index (κ3) is 3.28. The Labute approximate surface area is 158 Å². The molecule has 1 aliphatic heterocycles. The molecule has 7 nitrogen and oxygen atoms in total. The van der Waals surface area contributed by atoms with E-state index in [4.69, 9.17) is 15.2 Å². The van der Waals surface area contributed by atoms with Crippen LogP contribution in [0.15, 0.2) is 48.5 Å². The van der Waals surface area contributed by atoms with Crippen molar-refractivity contribution in [1.82, 2.24) is 14.8 Å². The number of hydrogen-bond donors (Lipinski definition) is 2. The second kappa shape index (κ2) is 7.19. The number of ether oxygens (including phenoxy) is 2. The third-order valence-electron chi connectivity index (χ3n) is 4.80. The molecule has 3 aromatic rings. The van der Waals surface area contributed by atoms with Crippen molar-refractivity contribution in [2.24, 2.45) is 0 Å². The summed E-state index contributed by atoms with van der Waals surface area (Å²) in [6.45, 7) is 2.63. The number of nitrogen functional groups attached to an aromatic ring is 1. The molecule has 0 saturated carbocycles. The molecule has 1 aromatic heterocycles. The minimum Gasteiger partial charge on any atom is -0.496 e. The van der Waals surface area contributed by atoms with Gasteiger partial charge in [-0.15, -0.1) is 5.10 Å². The molecule has 4 rings (SSSR count). The highest BCUT2D eigenvalue weighted by atomic mass is 16.5. The summed E-state index contributed by atoms with van der Waals surface area (Å²) < 4.78 is 13.0. The molecular weight excluding hydrogens is 342 g/mol. The minimum absolute atomic E-state index is 0.0289. The third-order valence-corrected chi connectivity index (χ3v) is 4.80. The highest BCUT2D eigenvalue weighted by molar-refractivity contribution is 5.45. The summed E-state index contributed by atoms with van der Waals surface area (Å²) >= 11 is 0. The summed E-state index contributed by atoms with van der Waals surface area (Å²) in [5, 5.41) is 7.85. The SMILES string of the molecule is CCOc1ccc([C@@H]2C[C@@H](c3ccccc3OC)n3nc(N)nc3N2)cc1. The van der Waals surface area contributed by atoms with Gasteiger partial charge in [0.15, 0.2) is 0 Å². The van der Waals surface area contributed by atoms with E-state index < -0.39 is 0 Å². The smallest absolute Gasteiger partial charge is 0.241 e. The van der Waals surface area contributed by atoms with Crippen molar-refractivity contribution in [2.75, 3.05) is 24.8 Å². The first-order valence-electron chi connectivity index (χ1n) is 9.03. The van der Waals surface area contributed by atoms with Crippen LogP contribution in [0.5, 0.6) is 11.5 Å². The van der Waals surface area contributed by atoms with Crippen LogP contribution in [0.4, 0.5) is 11.9 Å². The molecule has 0 unspecified atom stereocenters. The molecule has 0 fully saturated rings. The first-order chi connectivity index (χ1) is 13.2. The number of hydrogen-bond acceptors (Lipinski definition) is 6. The molecule has 0 saturated heterocycles. The lowest BCUT2D eigenvalue weighted by molar-refractivity contribution is 0.340. The Bertz CT molecular complexity index is 922. The zero-order valence-corrected chi connectivity index (χ0v) is 15.4. The highest BCUT2D eigenvalue weighted by Gasteiger charge is 2.32. The fourth-order valence-electron chi connectivity index (χ4n) is 3.58. The van der Waals surface area contributed by atoms with Crippen molar-refractivity contribution in [1.29, 1.82) is 0 Å². The molecule has 0 amide bonds. The van der Waals surface area contributed by atoms with Gasteiger partial charge in [0.1, 0.15) is 11.5 Å². The van der Waals surface area contributed by atoms with E-state index in [9.17, 15) is 0 Å². The van der Waals surface area contributed by atoms with Gasteiger partial charge in [-0.05, 0) is 37.1 Å². The molecule has 3 N–H and O–H groups in total. The number of rotatable bonds is 5. The molecule has 1 aliphatic rings. The summed E-state index contributed by atoms with van der Waals surface area (Å²) in [5.41, 5.74) is 8.09. The number of fused-ring (bicyclic) bond motifs is 1. The van der Waals surface area contributed by atoms with Gasteiger partial charge in [-0.1, -0.05) is 30.3 Å². The monoisotopic (exact) mass is 365 g/mol. The first-order valence-corrected chi connectivity index (χ1v) is 9.03. The molecule has 0 aliphatic carbocycles. The maximum Gasteiger partial charge on any atom is 0.241 e. The highest BCUT2D eigenvalue weighted by Crippen LogP contribution is 2.41. The molecule has 140 valence electrons. The van der Waals surface area contributed by atoms with Gasteiger partial charge in [0.05, 0.1) is 25.8 Å². The maximum absolute atomic E-state index is 5.88. The van der Waals surface area contributed by atoms with Crippen LogP contribution in [0.2, 0.25) is 0 Å². The Morgan fingerprint density at radius 1 is 1.19 bits per heavy atom. The van der Waals surface area contributed by atoms with Gasteiger partial charge in [-0.3, -0.25) is 0 Å². The summed E-state index contributed by atoms with van der Waals surface area (Å²) in [4.78, 5) is 4.36. The van der Waals surface area contributed by atoms with E-state index in [2.05, 4.69) is 33.6 Å². The predicted molar refractivity (Wildman–Crippen MR) is 104 cm³/mol. The Morgan fingerprint density at radius 2 is 1.96 bits per heavy atom. The molecule has 0 radical (unpaired) electrons. The van der Waals surface area contributed by atoms with E-state index in [1.165, 1.54) is 0 Å². The zero-order chi connectivity index (χ0) is 18.8. The largest absolute Gasteiger partial charge is 0.496 e. The Hall–Kier alpha value is -3.22. The van der Waals surface area contributed by atoms with Gasteiger partial charge < -0.3 is 20.5 Å². The van der Waals surface area contributed by atoms with Crippen LogP contribution in [0.1, 0.15) is 36.6 Å². The van der Waals surface area contributed by atoms with Crippen LogP contribution in [-0.4, -0.2) is 28.5 Å². The molecule has 0 bridgehead atoms. The van der Waals surface area contributed by atoms with E-state index in [-0.39, 0.29) is 18.0 Å². The van der Waals surface area contributed by atoms with Gasteiger partial charge in [0.2, 0.25) is 11.9 Å². The number of nitrogens with zero attached hydrogens (tertiary/aromatic N) is 3. The number of aromatic nitrogens is 3.